The van der Waals surface area contributed by atoms with Crippen LogP contribution in [0.5, 0.6) is 11.5 Å². The molecule has 0 amide bonds. The van der Waals surface area contributed by atoms with E-state index in [9.17, 15) is 5.11 Å². The number of aliphatic hydroxyl groups is 1. The molecule has 0 radical (unpaired) electrons. The number of benzene rings is 1. The fourth-order valence-electron chi connectivity index (χ4n) is 2.53. The molecule has 0 saturated heterocycles. The van der Waals surface area contributed by atoms with Crippen molar-refractivity contribution in [3.63, 3.8) is 0 Å². The van der Waals surface area contributed by atoms with Crippen LogP contribution in [-0.4, -0.2) is 34.4 Å². The van der Waals surface area contributed by atoms with Crippen LogP contribution >= 0.6 is 0 Å². The number of hydrogen-bond acceptors (Lipinski definition) is 5. The van der Waals surface area contributed by atoms with Crippen LogP contribution in [0.1, 0.15) is 52.4 Å². The second-order valence-corrected chi connectivity index (χ2v) is 6.54. The number of nitrogens with zero attached hydrogens (tertiary/aromatic N) is 2. The van der Waals surface area contributed by atoms with Gasteiger partial charge in [0.2, 0.25) is 0 Å². The predicted molar refractivity (Wildman–Crippen MR) is 104 cm³/mol. The zero-order valence-electron chi connectivity index (χ0n) is 15.9. The molecule has 0 bridgehead atoms. The Morgan fingerprint density at radius 2 is 1.54 bits per heavy atom. The van der Waals surface area contributed by atoms with Crippen LogP contribution in [-0.2, 0) is 0 Å². The standard InChI is InChI=1S/C21H30N2O3/c1-3-4-5-6-7-8-13-25-20-14-22-21(23-15-20)18-9-11-19(12-10-18)26-16-17(2)24/h9-12,14-15,17,24H,3-8,13,16H2,1-2H3. The molecule has 1 N–H and O–H groups in total. The Kier molecular flexibility index (Phi) is 8.90. The van der Waals surface area contributed by atoms with Gasteiger partial charge in [0, 0.05) is 5.56 Å². The highest BCUT2D eigenvalue weighted by Crippen LogP contribution is 2.20. The minimum absolute atomic E-state index is 0.278. The molecule has 1 unspecified atom stereocenters. The minimum atomic E-state index is -0.484. The van der Waals surface area contributed by atoms with Gasteiger partial charge in [0.25, 0.3) is 0 Å². The molecule has 0 fully saturated rings. The molecule has 0 aliphatic carbocycles. The van der Waals surface area contributed by atoms with Crippen molar-refractivity contribution >= 4 is 0 Å². The van der Waals surface area contributed by atoms with Gasteiger partial charge in [0.05, 0.1) is 25.1 Å². The van der Waals surface area contributed by atoms with Gasteiger partial charge in [0.1, 0.15) is 12.4 Å². The van der Waals surface area contributed by atoms with Gasteiger partial charge in [-0.15, -0.1) is 0 Å². The van der Waals surface area contributed by atoms with E-state index in [-0.39, 0.29) is 6.61 Å². The lowest BCUT2D eigenvalue weighted by atomic mass is 10.1. The van der Waals surface area contributed by atoms with Gasteiger partial charge < -0.3 is 14.6 Å². The van der Waals surface area contributed by atoms with Gasteiger partial charge >= 0.3 is 0 Å². The molecule has 2 rings (SSSR count). The Balaban J connectivity index is 1.76. The smallest absolute Gasteiger partial charge is 0.159 e. The van der Waals surface area contributed by atoms with Crippen molar-refractivity contribution in [1.82, 2.24) is 9.97 Å². The summed E-state index contributed by atoms with van der Waals surface area (Å²) in [7, 11) is 0. The largest absolute Gasteiger partial charge is 0.491 e. The Morgan fingerprint density at radius 1 is 0.885 bits per heavy atom. The first-order valence-electron chi connectivity index (χ1n) is 9.55. The molecule has 5 heteroatoms. The topological polar surface area (TPSA) is 64.5 Å². The van der Waals surface area contributed by atoms with Crippen LogP contribution in [0.15, 0.2) is 36.7 Å². The maximum absolute atomic E-state index is 9.24. The summed E-state index contributed by atoms with van der Waals surface area (Å²) in [5.74, 6) is 2.08. The van der Waals surface area contributed by atoms with Gasteiger partial charge in [-0.25, -0.2) is 9.97 Å². The summed E-state index contributed by atoms with van der Waals surface area (Å²) in [5.41, 5.74) is 0.914. The molecule has 0 aliphatic heterocycles. The van der Waals surface area contributed by atoms with E-state index in [2.05, 4.69) is 16.9 Å². The van der Waals surface area contributed by atoms with Crippen LogP contribution in [0, 0.1) is 0 Å². The Hall–Kier alpha value is -2.14. The van der Waals surface area contributed by atoms with Crippen LogP contribution in [0.4, 0.5) is 0 Å². The molecule has 0 saturated carbocycles. The van der Waals surface area contributed by atoms with Gasteiger partial charge in [-0.2, -0.15) is 0 Å². The van der Waals surface area contributed by atoms with Crippen molar-refractivity contribution < 1.29 is 14.6 Å². The quantitative estimate of drug-likeness (QED) is 0.560. The Labute approximate surface area is 156 Å². The molecule has 26 heavy (non-hydrogen) atoms. The van der Waals surface area contributed by atoms with E-state index < -0.39 is 6.10 Å². The summed E-state index contributed by atoms with van der Waals surface area (Å²) in [4.78, 5) is 8.75. The highest BCUT2D eigenvalue weighted by Gasteiger charge is 2.04. The summed E-state index contributed by atoms with van der Waals surface area (Å²) in [6, 6.07) is 7.52. The van der Waals surface area contributed by atoms with E-state index in [1.165, 1.54) is 32.1 Å². The van der Waals surface area contributed by atoms with Crippen molar-refractivity contribution in [2.45, 2.75) is 58.5 Å². The maximum Gasteiger partial charge on any atom is 0.159 e. The second-order valence-electron chi connectivity index (χ2n) is 6.54. The van der Waals surface area contributed by atoms with Crippen molar-refractivity contribution in [3.8, 4) is 22.9 Å². The van der Waals surface area contributed by atoms with E-state index >= 15 is 0 Å². The predicted octanol–water partition coefficient (Wildman–Crippen LogP) is 4.64. The first kappa shape index (κ1) is 20.2. The van der Waals surface area contributed by atoms with Crippen molar-refractivity contribution in [1.29, 1.82) is 0 Å². The molecule has 0 aliphatic rings. The van der Waals surface area contributed by atoms with Crippen molar-refractivity contribution in [2.75, 3.05) is 13.2 Å². The fraction of sp³-hybridized carbons (Fsp3) is 0.524. The van der Waals surface area contributed by atoms with Crippen molar-refractivity contribution in [3.05, 3.63) is 36.7 Å². The van der Waals surface area contributed by atoms with Gasteiger partial charge in [-0.1, -0.05) is 39.0 Å². The van der Waals surface area contributed by atoms with Crippen LogP contribution in [0.3, 0.4) is 0 Å². The lowest BCUT2D eigenvalue weighted by Crippen LogP contribution is -2.12. The number of hydrogen-bond donors (Lipinski definition) is 1. The van der Waals surface area contributed by atoms with E-state index in [0.717, 1.165) is 12.0 Å². The number of unbranched alkanes of at least 4 members (excludes halogenated alkanes) is 5. The molecule has 5 nitrogen and oxygen atoms in total. The maximum atomic E-state index is 9.24. The second kappa shape index (κ2) is 11.5. The number of ether oxygens (including phenoxy) is 2. The average Bonchev–Trinajstić information content (AvgIpc) is 2.66. The van der Waals surface area contributed by atoms with E-state index in [0.29, 0.717) is 23.9 Å². The third-order valence-electron chi connectivity index (χ3n) is 4.00. The molecule has 1 aromatic carbocycles. The van der Waals surface area contributed by atoms with Gasteiger partial charge in [0.15, 0.2) is 11.6 Å². The number of rotatable bonds is 12. The fourth-order valence-corrected chi connectivity index (χ4v) is 2.53. The van der Waals surface area contributed by atoms with E-state index in [1.54, 1.807) is 19.3 Å². The van der Waals surface area contributed by atoms with E-state index in [4.69, 9.17) is 9.47 Å². The zero-order valence-corrected chi connectivity index (χ0v) is 15.9. The van der Waals surface area contributed by atoms with Gasteiger partial charge in [-0.05, 0) is 37.6 Å². The van der Waals surface area contributed by atoms with Gasteiger partial charge in [-0.3, -0.25) is 0 Å². The molecular weight excluding hydrogens is 328 g/mol. The lowest BCUT2D eigenvalue weighted by Gasteiger charge is -2.09. The van der Waals surface area contributed by atoms with Crippen LogP contribution in [0.25, 0.3) is 11.4 Å². The summed E-state index contributed by atoms with van der Waals surface area (Å²) in [6.07, 6.45) is 10.4. The van der Waals surface area contributed by atoms with Crippen LogP contribution < -0.4 is 9.47 Å². The molecule has 142 valence electrons. The molecule has 1 aromatic heterocycles. The molecular formula is C21H30N2O3. The van der Waals surface area contributed by atoms with E-state index in [1.807, 2.05) is 24.3 Å². The number of aromatic nitrogens is 2. The first-order chi connectivity index (χ1) is 12.7. The highest BCUT2D eigenvalue weighted by molar-refractivity contribution is 5.56. The minimum Gasteiger partial charge on any atom is -0.491 e. The van der Waals surface area contributed by atoms with Crippen LogP contribution in [0.2, 0.25) is 0 Å². The average molecular weight is 358 g/mol. The zero-order chi connectivity index (χ0) is 18.6. The summed E-state index contributed by atoms with van der Waals surface area (Å²) >= 11 is 0. The SMILES string of the molecule is CCCCCCCCOc1cnc(-c2ccc(OCC(C)O)cc2)nc1. The third-order valence-corrected chi connectivity index (χ3v) is 4.00. The van der Waals surface area contributed by atoms with Crippen molar-refractivity contribution in [2.24, 2.45) is 0 Å². The summed E-state index contributed by atoms with van der Waals surface area (Å²) in [5, 5.41) is 9.24. The molecule has 1 heterocycles. The molecule has 1 atom stereocenters. The Bertz CT molecular complexity index is 612. The first-order valence-corrected chi connectivity index (χ1v) is 9.55. The molecule has 2 aromatic rings. The monoisotopic (exact) mass is 358 g/mol. The Morgan fingerprint density at radius 3 is 2.19 bits per heavy atom. The molecule has 0 spiro atoms. The summed E-state index contributed by atoms with van der Waals surface area (Å²) < 4.78 is 11.2. The highest BCUT2D eigenvalue weighted by atomic mass is 16.5. The lowest BCUT2D eigenvalue weighted by molar-refractivity contribution is 0.123. The summed E-state index contributed by atoms with van der Waals surface area (Å²) in [6.45, 7) is 4.91. The normalized spacial score (nSPS) is 12.0. The third kappa shape index (κ3) is 7.40. The number of aliphatic hydroxyl groups excluding tert-OH is 1.